The van der Waals surface area contributed by atoms with Crippen molar-refractivity contribution in [2.45, 2.75) is 13.0 Å². The van der Waals surface area contributed by atoms with E-state index >= 15 is 0 Å². The first-order valence-corrected chi connectivity index (χ1v) is 4.48. The van der Waals surface area contributed by atoms with Crippen molar-refractivity contribution < 1.29 is 4.74 Å². The number of ether oxygens (including phenoxy) is 1. The molecule has 0 saturated carbocycles. The van der Waals surface area contributed by atoms with Crippen LogP contribution in [0.3, 0.4) is 0 Å². The molecule has 0 saturated heterocycles. The molecule has 0 aromatic heterocycles. The lowest BCUT2D eigenvalue weighted by Crippen LogP contribution is -2.07. The van der Waals surface area contributed by atoms with Gasteiger partial charge in [0.05, 0.1) is 0 Å². The maximum absolute atomic E-state index is 5.80. The topological polar surface area (TPSA) is 9.23 Å². The summed E-state index contributed by atoms with van der Waals surface area (Å²) in [6.07, 6.45) is 3.62. The number of halogens is 1. The molecule has 1 radical (unpaired) electrons. The molecule has 1 atom stereocenters. The third-order valence-electron chi connectivity index (χ3n) is 1.53. The van der Waals surface area contributed by atoms with Crippen molar-refractivity contribution in [1.29, 1.82) is 0 Å². The number of allylic oxidation sites excluding steroid dienone is 1. The van der Waals surface area contributed by atoms with Gasteiger partial charge in [-0.1, -0.05) is 23.7 Å². The molecule has 1 unspecified atom stereocenters. The Morgan fingerprint density at radius 3 is 2.92 bits per heavy atom. The predicted molar refractivity (Wildman–Crippen MR) is 56.0 cm³/mol. The van der Waals surface area contributed by atoms with Gasteiger partial charge in [-0.15, -0.1) is 0 Å². The van der Waals surface area contributed by atoms with Gasteiger partial charge in [0.15, 0.2) is 0 Å². The summed E-state index contributed by atoms with van der Waals surface area (Å²) in [6.45, 7) is 5.55. The van der Waals surface area contributed by atoms with Crippen LogP contribution in [-0.4, -0.2) is 6.10 Å². The lowest BCUT2D eigenvalue weighted by molar-refractivity contribution is 0.270. The molecule has 0 fully saturated rings. The van der Waals surface area contributed by atoms with Gasteiger partial charge in [0, 0.05) is 5.02 Å². The molecule has 1 nitrogen and oxygen atoms in total. The summed E-state index contributed by atoms with van der Waals surface area (Å²) in [5.41, 5.74) is 0. The summed E-state index contributed by atoms with van der Waals surface area (Å²) in [4.78, 5) is 0. The summed E-state index contributed by atoms with van der Waals surface area (Å²) >= 11 is 5.80. The van der Waals surface area contributed by atoms with Crippen molar-refractivity contribution >= 4 is 11.6 Å². The maximum atomic E-state index is 5.80. The lowest BCUT2D eigenvalue weighted by atomic mass is 10.3. The first kappa shape index (κ1) is 10.1. The summed E-state index contributed by atoms with van der Waals surface area (Å²) < 4.78 is 5.52. The largest absolute Gasteiger partial charge is 0.487 e. The Hall–Kier alpha value is -0.950. The van der Waals surface area contributed by atoms with E-state index in [1.165, 1.54) is 0 Å². The predicted octanol–water partition coefficient (Wildman–Crippen LogP) is 3.50. The third kappa shape index (κ3) is 3.51. The van der Waals surface area contributed by atoms with Crippen LogP contribution in [0.4, 0.5) is 0 Å². The zero-order chi connectivity index (χ0) is 9.68. The summed E-state index contributed by atoms with van der Waals surface area (Å²) in [7, 11) is 0. The quantitative estimate of drug-likeness (QED) is 0.718. The minimum atomic E-state index is 0.0240. The number of rotatable bonds is 3. The highest BCUT2D eigenvalue weighted by atomic mass is 35.5. The van der Waals surface area contributed by atoms with E-state index < -0.39 is 0 Å². The highest BCUT2D eigenvalue weighted by Crippen LogP contribution is 2.18. The Morgan fingerprint density at radius 1 is 1.54 bits per heavy atom. The monoisotopic (exact) mass is 195 g/mol. The molecule has 2 heteroatoms. The van der Waals surface area contributed by atoms with E-state index in [-0.39, 0.29) is 6.10 Å². The second-order valence-electron chi connectivity index (χ2n) is 2.71. The van der Waals surface area contributed by atoms with Crippen molar-refractivity contribution in [2.24, 2.45) is 0 Å². The molecule has 0 aliphatic carbocycles. The van der Waals surface area contributed by atoms with Crippen LogP contribution in [0.5, 0.6) is 5.75 Å². The zero-order valence-corrected chi connectivity index (χ0v) is 8.29. The van der Waals surface area contributed by atoms with Crippen molar-refractivity contribution in [1.82, 2.24) is 0 Å². The van der Waals surface area contributed by atoms with Crippen molar-refractivity contribution in [3.05, 3.63) is 48.4 Å². The Balaban J connectivity index is 2.63. The van der Waals surface area contributed by atoms with Crippen molar-refractivity contribution in [3.8, 4) is 5.75 Å². The Morgan fingerprint density at radius 2 is 2.31 bits per heavy atom. The fraction of sp³-hybridized carbons (Fsp3) is 0.182. The zero-order valence-electron chi connectivity index (χ0n) is 7.53. The maximum Gasteiger partial charge on any atom is 0.121 e. The fourth-order valence-corrected chi connectivity index (χ4v) is 1.17. The second-order valence-corrected chi connectivity index (χ2v) is 3.14. The first-order chi connectivity index (χ1) is 6.22. The van der Waals surface area contributed by atoms with E-state index in [9.17, 15) is 0 Å². The van der Waals surface area contributed by atoms with Crippen LogP contribution in [-0.2, 0) is 0 Å². The van der Waals surface area contributed by atoms with Crippen LogP contribution in [0.15, 0.2) is 36.4 Å². The minimum Gasteiger partial charge on any atom is -0.487 e. The molecule has 0 aliphatic rings. The third-order valence-corrected chi connectivity index (χ3v) is 1.76. The molecule has 69 valence electrons. The fourth-order valence-electron chi connectivity index (χ4n) is 0.986. The standard InChI is InChI=1S/C11H12ClO/c1-3-5-9(2)13-11-7-4-6-10(12)8-11/h3-9H,1H2,2H3. The summed E-state index contributed by atoms with van der Waals surface area (Å²) in [5.74, 6) is 0.776. The van der Waals surface area contributed by atoms with Crippen LogP contribution in [0, 0.1) is 6.92 Å². The number of benzene rings is 1. The number of hydrogen-bond donors (Lipinski definition) is 0. The van der Waals surface area contributed by atoms with Gasteiger partial charge in [-0.2, -0.15) is 0 Å². The highest BCUT2D eigenvalue weighted by Gasteiger charge is 1.98. The van der Waals surface area contributed by atoms with Crippen LogP contribution < -0.4 is 4.74 Å². The molecule has 0 bridgehead atoms. The molecular formula is C11H12ClO. The van der Waals surface area contributed by atoms with Gasteiger partial charge in [0.1, 0.15) is 11.9 Å². The van der Waals surface area contributed by atoms with E-state index in [1.807, 2.05) is 31.2 Å². The van der Waals surface area contributed by atoms with E-state index in [2.05, 4.69) is 6.92 Å². The van der Waals surface area contributed by atoms with Crippen LogP contribution in [0.1, 0.15) is 6.92 Å². The highest BCUT2D eigenvalue weighted by molar-refractivity contribution is 6.30. The van der Waals surface area contributed by atoms with E-state index in [1.54, 1.807) is 12.1 Å². The van der Waals surface area contributed by atoms with E-state index in [4.69, 9.17) is 16.3 Å². The average Bonchev–Trinajstić information content (AvgIpc) is 2.04. The van der Waals surface area contributed by atoms with Crippen LogP contribution >= 0.6 is 11.6 Å². The molecular weight excluding hydrogens is 184 g/mol. The van der Waals surface area contributed by atoms with Gasteiger partial charge in [0.2, 0.25) is 0 Å². The second kappa shape index (κ2) is 4.93. The van der Waals surface area contributed by atoms with E-state index in [0.717, 1.165) is 5.75 Å². The summed E-state index contributed by atoms with van der Waals surface area (Å²) in [6, 6.07) is 7.34. The van der Waals surface area contributed by atoms with Gasteiger partial charge in [-0.3, -0.25) is 0 Å². The molecule has 0 spiro atoms. The van der Waals surface area contributed by atoms with Gasteiger partial charge in [0.25, 0.3) is 0 Å². The van der Waals surface area contributed by atoms with Crippen molar-refractivity contribution in [2.75, 3.05) is 0 Å². The molecule has 13 heavy (non-hydrogen) atoms. The Labute approximate surface area is 84.0 Å². The molecule has 1 aromatic rings. The first-order valence-electron chi connectivity index (χ1n) is 4.10. The Bertz CT molecular complexity index is 294. The normalized spacial score (nSPS) is 13.2. The van der Waals surface area contributed by atoms with Gasteiger partial charge in [-0.25, -0.2) is 0 Å². The van der Waals surface area contributed by atoms with Gasteiger partial charge < -0.3 is 4.74 Å². The molecule has 0 aliphatic heterocycles. The average molecular weight is 196 g/mol. The smallest absolute Gasteiger partial charge is 0.121 e. The molecule has 1 rings (SSSR count). The minimum absolute atomic E-state index is 0.0240. The lowest BCUT2D eigenvalue weighted by Gasteiger charge is -2.10. The molecule has 0 heterocycles. The number of hydrogen-bond acceptors (Lipinski definition) is 1. The van der Waals surface area contributed by atoms with E-state index in [0.29, 0.717) is 5.02 Å². The molecule has 1 aromatic carbocycles. The Kier molecular flexibility index (Phi) is 3.84. The van der Waals surface area contributed by atoms with Crippen LogP contribution in [0.2, 0.25) is 5.02 Å². The van der Waals surface area contributed by atoms with Crippen LogP contribution in [0.25, 0.3) is 0 Å². The molecule has 0 amide bonds. The summed E-state index contributed by atoms with van der Waals surface area (Å²) in [5, 5.41) is 0.684. The SMILES string of the molecule is [CH2]C=CC(C)Oc1cccc(Cl)c1. The van der Waals surface area contributed by atoms with Gasteiger partial charge in [-0.05, 0) is 38.1 Å². The van der Waals surface area contributed by atoms with Gasteiger partial charge >= 0.3 is 0 Å². The molecule has 0 N–H and O–H groups in total. The van der Waals surface area contributed by atoms with Crippen molar-refractivity contribution in [3.63, 3.8) is 0 Å².